The topological polar surface area (TPSA) is 43.4 Å². The van der Waals surface area contributed by atoms with Crippen molar-refractivity contribution in [2.75, 3.05) is 0 Å². The van der Waals surface area contributed by atoms with Crippen LogP contribution in [0.3, 0.4) is 0 Å². The fraction of sp³-hybridized carbons (Fsp3) is 0.333. The molecular weight excluding hydrogens is 332 g/mol. The number of ether oxygens (including phenoxy) is 1. The molecule has 2 unspecified atom stereocenters. The van der Waals surface area contributed by atoms with Crippen molar-refractivity contribution in [2.45, 2.75) is 42.8 Å². The smallest absolute Gasteiger partial charge is 0.159 e. The maximum atomic E-state index is 12.2. The molecule has 0 amide bonds. The molecule has 1 fully saturated rings. The van der Waals surface area contributed by atoms with Crippen LogP contribution in [-0.4, -0.2) is 18.9 Å². The highest BCUT2D eigenvalue weighted by atomic mass is 32.2. The summed E-state index contributed by atoms with van der Waals surface area (Å²) >= 11 is 0. The molecule has 4 heteroatoms. The van der Waals surface area contributed by atoms with Crippen molar-refractivity contribution in [3.8, 4) is 5.75 Å². The summed E-state index contributed by atoms with van der Waals surface area (Å²) in [5.74, 6) is 0.855. The minimum absolute atomic E-state index is 0.157. The highest BCUT2D eigenvalue weighted by Gasteiger charge is 2.42. The maximum Gasteiger partial charge on any atom is 0.159 e. The minimum Gasteiger partial charge on any atom is -0.489 e. The van der Waals surface area contributed by atoms with Gasteiger partial charge in [-0.3, -0.25) is 0 Å². The maximum absolute atomic E-state index is 12.2. The molecule has 4 rings (SSSR count). The van der Waals surface area contributed by atoms with Crippen LogP contribution in [-0.2, 0) is 22.9 Å². The van der Waals surface area contributed by atoms with E-state index in [0.29, 0.717) is 13.0 Å². The highest BCUT2D eigenvalue weighted by Crippen LogP contribution is 2.38. The van der Waals surface area contributed by atoms with Crippen molar-refractivity contribution in [3.05, 3.63) is 77.4 Å². The lowest BCUT2D eigenvalue weighted by molar-refractivity contribution is 0.306. The second-order valence-corrected chi connectivity index (χ2v) is 9.40. The van der Waals surface area contributed by atoms with Crippen molar-refractivity contribution in [3.63, 3.8) is 0 Å². The Labute approximate surface area is 149 Å². The predicted octanol–water partition coefficient (Wildman–Crippen LogP) is 4.08. The zero-order valence-corrected chi connectivity index (χ0v) is 14.9. The van der Waals surface area contributed by atoms with E-state index in [1.807, 2.05) is 48.5 Å². The summed E-state index contributed by atoms with van der Waals surface area (Å²) < 4.78 is 30.3. The van der Waals surface area contributed by atoms with Crippen molar-refractivity contribution in [2.24, 2.45) is 0 Å². The van der Waals surface area contributed by atoms with E-state index < -0.39 is 9.84 Å². The van der Waals surface area contributed by atoms with Crippen molar-refractivity contribution in [1.29, 1.82) is 0 Å². The van der Waals surface area contributed by atoms with E-state index in [4.69, 9.17) is 4.74 Å². The van der Waals surface area contributed by atoms with E-state index >= 15 is 0 Å². The first kappa shape index (κ1) is 16.4. The van der Waals surface area contributed by atoms with E-state index in [1.165, 1.54) is 11.1 Å². The third-order valence-corrected chi connectivity index (χ3v) is 7.70. The molecule has 2 aromatic carbocycles. The summed E-state index contributed by atoms with van der Waals surface area (Å²) in [5.41, 5.74) is 3.57. The number of allylic oxidation sites excluding steroid dienone is 1. The molecule has 0 N–H and O–H groups in total. The lowest BCUT2D eigenvalue weighted by Crippen LogP contribution is -2.27. The van der Waals surface area contributed by atoms with Gasteiger partial charge in [0.15, 0.2) is 9.84 Å². The third-order valence-electron chi connectivity index (χ3n) is 5.15. The molecule has 0 radical (unpaired) electrons. The number of hydrogen-bond donors (Lipinski definition) is 0. The van der Waals surface area contributed by atoms with Crippen LogP contribution >= 0.6 is 0 Å². The van der Waals surface area contributed by atoms with E-state index in [1.54, 1.807) is 0 Å². The highest BCUT2D eigenvalue weighted by molar-refractivity contribution is 7.93. The third kappa shape index (κ3) is 3.49. The average molecular weight is 354 g/mol. The van der Waals surface area contributed by atoms with Crippen molar-refractivity contribution < 1.29 is 13.2 Å². The number of sulfone groups is 1. The van der Waals surface area contributed by atoms with Gasteiger partial charge in [0, 0.05) is 0 Å². The van der Waals surface area contributed by atoms with Gasteiger partial charge in [-0.05, 0) is 48.9 Å². The fourth-order valence-corrected chi connectivity index (χ4v) is 6.08. The van der Waals surface area contributed by atoms with Gasteiger partial charge < -0.3 is 4.74 Å². The molecule has 2 heterocycles. The Kier molecular flexibility index (Phi) is 4.38. The molecule has 130 valence electrons. The van der Waals surface area contributed by atoms with Crippen LogP contribution in [0.4, 0.5) is 0 Å². The first-order valence-corrected chi connectivity index (χ1v) is 10.4. The zero-order valence-electron chi connectivity index (χ0n) is 14.1. The quantitative estimate of drug-likeness (QED) is 0.760. The Balaban J connectivity index is 1.44. The second-order valence-electron chi connectivity index (χ2n) is 6.95. The fourth-order valence-electron chi connectivity index (χ4n) is 3.83. The number of fused-ring (bicyclic) bond motifs is 2. The molecule has 0 spiro atoms. The Morgan fingerprint density at radius 3 is 2.56 bits per heavy atom. The SMILES string of the molecule is O=S1(=O)C2C=C(Cc3cccc(OCc4ccccc4)c3)CC1CC2. The molecule has 2 aliphatic rings. The van der Waals surface area contributed by atoms with Gasteiger partial charge in [0.25, 0.3) is 0 Å². The molecule has 2 aromatic rings. The summed E-state index contributed by atoms with van der Waals surface area (Å²) in [6.07, 6.45) is 5.10. The average Bonchev–Trinajstić information content (AvgIpc) is 2.78. The lowest BCUT2D eigenvalue weighted by Gasteiger charge is -2.20. The predicted molar refractivity (Wildman–Crippen MR) is 99.3 cm³/mol. The van der Waals surface area contributed by atoms with Crippen LogP contribution in [0.2, 0.25) is 0 Å². The number of rotatable bonds is 5. The van der Waals surface area contributed by atoms with E-state index in [9.17, 15) is 8.42 Å². The Morgan fingerprint density at radius 1 is 0.960 bits per heavy atom. The van der Waals surface area contributed by atoms with Gasteiger partial charge in [0.05, 0.1) is 10.5 Å². The van der Waals surface area contributed by atoms with Gasteiger partial charge in [-0.1, -0.05) is 54.1 Å². The van der Waals surface area contributed by atoms with Gasteiger partial charge in [0.2, 0.25) is 0 Å². The van der Waals surface area contributed by atoms with Gasteiger partial charge in [-0.2, -0.15) is 0 Å². The summed E-state index contributed by atoms with van der Waals surface area (Å²) in [4.78, 5) is 0. The normalized spacial score (nSPS) is 23.9. The lowest BCUT2D eigenvalue weighted by atomic mass is 10.0. The standard InChI is InChI=1S/C21H22O3S/c22-25(23)20-9-10-21(25)14-18(13-20)11-17-7-4-8-19(12-17)24-15-16-5-2-1-3-6-16/h1-8,12-13,20-21H,9-11,14-15H2. The summed E-state index contributed by atoms with van der Waals surface area (Å²) in [6, 6.07) is 18.2. The van der Waals surface area contributed by atoms with Crippen LogP contribution in [0, 0.1) is 0 Å². The monoisotopic (exact) mass is 354 g/mol. The minimum atomic E-state index is -2.90. The number of hydrogen-bond acceptors (Lipinski definition) is 3. The molecule has 25 heavy (non-hydrogen) atoms. The van der Waals surface area contributed by atoms with Crippen molar-refractivity contribution in [1.82, 2.24) is 0 Å². The molecule has 0 aromatic heterocycles. The van der Waals surface area contributed by atoms with Gasteiger partial charge >= 0.3 is 0 Å². The van der Waals surface area contributed by atoms with Gasteiger partial charge in [-0.15, -0.1) is 0 Å². The first-order valence-electron chi connectivity index (χ1n) is 8.79. The van der Waals surface area contributed by atoms with Crippen LogP contribution in [0.15, 0.2) is 66.2 Å². The summed E-state index contributed by atoms with van der Waals surface area (Å²) in [5, 5.41) is -0.409. The molecule has 2 bridgehead atoms. The van der Waals surface area contributed by atoms with E-state index in [0.717, 1.165) is 30.6 Å². The molecule has 2 aliphatic heterocycles. The Morgan fingerprint density at radius 2 is 1.76 bits per heavy atom. The molecular formula is C21H22O3S. The number of benzene rings is 2. The largest absolute Gasteiger partial charge is 0.489 e. The molecule has 1 saturated heterocycles. The van der Waals surface area contributed by atoms with Crippen LogP contribution < -0.4 is 4.74 Å². The van der Waals surface area contributed by atoms with E-state index in [2.05, 4.69) is 12.1 Å². The van der Waals surface area contributed by atoms with E-state index in [-0.39, 0.29) is 10.5 Å². The molecule has 2 atom stereocenters. The summed E-state index contributed by atoms with van der Waals surface area (Å²) in [6.45, 7) is 0.551. The molecule has 3 nitrogen and oxygen atoms in total. The Bertz CT molecular complexity index is 884. The van der Waals surface area contributed by atoms with Crippen LogP contribution in [0.5, 0.6) is 5.75 Å². The molecule has 0 saturated carbocycles. The summed E-state index contributed by atoms with van der Waals surface area (Å²) in [7, 11) is -2.90. The molecule has 0 aliphatic carbocycles. The second kappa shape index (κ2) is 6.68. The Hall–Kier alpha value is -2.07. The van der Waals surface area contributed by atoms with Gasteiger partial charge in [0.1, 0.15) is 12.4 Å². The van der Waals surface area contributed by atoms with Crippen molar-refractivity contribution >= 4 is 9.84 Å². The van der Waals surface area contributed by atoms with Crippen LogP contribution in [0.25, 0.3) is 0 Å². The van der Waals surface area contributed by atoms with Crippen LogP contribution in [0.1, 0.15) is 30.4 Å². The first-order chi connectivity index (χ1) is 12.1. The zero-order chi connectivity index (χ0) is 17.3. The van der Waals surface area contributed by atoms with Gasteiger partial charge in [-0.25, -0.2) is 8.42 Å².